The number of ether oxygens (including phenoxy) is 1. The van der Waals surface area contributed by atoms with Crippen LogP contribution in [-0.2, 0) is 11.3 Å². The van der Waals surface area contributed by atoms with Crippen LogP contribution >= 0.6 is 0 Å². The van der Waals surface area contributed by atoms with E-state index in [1.54, 1.807) is 41.2 Å². The fourth-order valence-electron chi connectivity index (χ4n) is 3.66. The third kappa shape index (κ3) is 3.19. The Kier molecular flexibility index (Phi) is 4.73. The van der Waals surface area contributed by atoms with Crippen LogP contribution in [0.5, 0.6) is 5.75 Å². The Morgan fingerprint density at radius 1 is 1.04 bits per heavy atom. The maximum absolute atomic E-state index is 12.9. The minimum absolute atomic E-state index is 0.149. The van der Waals surface area contributed by atoms with E-state index in [0.717, 1.165) is 5.56 Å². The first-order valence-corrected chi connectivity index (χ1v) is 9.17. The van der Waals surface area contributed by atoms with Crippen LogP contribution in [0.4, 0.5) is 4.79 Å². The molecule has 0 N–H and O–H groups in total. The van der Waals surface area contributed by atoms with Gasteiger partial charge in [0.15, 0.2) is 0 Å². The van der Waals surface area contributed by atoms with Crippen molar-refractivity contribution in [3.05, 3.63) is 65.7 Å². The molecule has 7 nitrogen and oxygen atoms in total. The second-order valence-electron chi connectivity index (χ2n) is 6.88. The van der Waals surface area contributed by atoms with Crippen LogP contribution < -0.4 is 4.74 Å². The predicted molar refractivity (Wildman–Crippen MR) is 102 cm³/mol. The number of amides is 4. The molecule has 2 aromatic rings. The lowest BCUT2D eigenvalue weighted by Gasteiger charge is -2.35. The van der Waals surface area contributed by atoms with Gasteiger partial charge < -0.3 is 14.5 Å². The Hall–Kier alpha value is -3.35. The first-order chi connectivity index (χ1) is 13.6. The molecule has 4 amide bonds. The molecule has 1 atom stereocenters. The normalized spacial score (nSPS) is 19.0. The SMILES string of the molecule is COc1ccc(C(=O)N2CCN3C(=O)N(Cc4ccccc4)C(=O)[C@H]3C2)cc1. The summed E-state index contributed by atoms with van der Waals surface area (Å²) >= 11 is 0. The van der Waals surface area contributed by atoms with Gasteiger partial charge in [0.05, 0.1) is 20.2 Å². The number of urea groups is 1. The maximum atomic E-state index is 12.9. The molecule has 0 saturated carbocycles. The van der Waals surface area contributed by atoms with Gasteiger partial charge in [-0.05, 0) is 29.8 Å². The number of nitrogens with zero attached hydrogens (tertiary/aromatic N) is 3. The molecule has 2 fully saturated rings. The zero-order chi connectivity index (χ0) is 19.7. The quantitative estimate of drug-likeness (QED) is 0.762. The smallest absolute Gasteiger partial charge is 0.327 e. The molecule has 0 bridgehead atoms. The molecule has 0 radical (unpaired) electrons. The van der Waals surface area contributed by atoms with Crippen molar-refractivity contribution in [2.75, 3.05) is 26.7 Å². The minimum atomic E-state index is -0.618. The molecule has 4 rings (SSSR count). The molecule has 0 aromatic heterocycles. The number of fused-ring (bicyclic) bond motifs is 1. The van der Waals surface area contributed by atoms with Crippen LogP contribution in [0.15, 0.2) is 54.6 Å². The summed E-state index contributed by atoms with van der Waals surface area (Å²) in [6, 6.07) is 15.4. The van der Waals surface area contributed by atoms with E-state index in [0.29, 0.717) is 24.4 Å². The highest BCUT2D eigenvalue weighted by molar-refractivity contribution is 6.05. The Bertz CT molecular complexity index is 898. The van der Waals surface area contributed by atoms with Crippen LogP contribution in [0.1, 0.15) is 15.9 Å². The summed E-state index contributed by atoms with van der Waals surface area (Å²) in [7, 11) is 1.57. The highest BCUT2D eigenvalue weighted by Crippen LogP contribution is 2.25. The highest BCUT2D eigenvalue weighted by atomic mass is 16.5. The number of hydrogen-bond acceptors (Lipinski definition) is 4. The van der Waals surface area contributed by atoms with Crippen LogP contribution in [0, 0.1) is 0 Å². The Morgan fingerprint density at radius 3 is 2.43 bits per heavy atom. The number of piperazine rings is 1. The van der Waals surface area contributed by atoms with E-state index < -0.39 is 6.04 Å². The molecule has 28 heavy (non-hydrogen) atoms. The lowest BCUT2D eigenvalue weighted by atomic mass is 10.1. The fourth-order valence-corrected chi connectivity index (χ4v) is 3.66. The summed E-state index contributed by atoms with van der Waals surface area (Å²) < 4.78 is 5.12. The number of hydrogen-bond donors (Lipinski definition) is 0. The van der Waals surface area contributed by atoms with E-state index >= 15 is 0 Å². The molecular weight excluding hydrogens is 358 g/mol. The predicted octanol–water partition coefficient (Wildman–Crippen LogP) is 1.98. The molecule has 2 heterocycles. The molecule has 2 aromatic carbocycles. The Balaban J connectivity index is 1.47. The summed E-state index contributed by atoms with van der Waals surface area (Å²) in [4.78, 5) is 42.8. The maximum Gasteiger partial charge on any atom is 0.327 e. The number of methoxy groups -OCH3 is 1. The molecule has 0 spiro atoms. The summed E-state index contributed by atoms with van der Waals surface area (Å²) in [6.45, 7) is 1.21. The van der Waals surface area contributed by atoms with Crippen molar-refractivity contribution in [2.24, 2.45) is 0 Å². The summed E-state index contributed by atoms with van der Waals surface area (Å²) in [5, 5.41) is 0. The van der Waals surface area contributed by atoms with Crippen molar-refractivity contribution < 1.29 is 19.1 Å². The lowest BCUT2D eigenvalue weighted by Crippen LogP contribution is -2.54. The molecule has 0 aliphatic carbocycles. The third-order valence-corrected chi connectivity index (χ3v) is 5.22. The molecule has 7 heteroatoms. The zero-order valence-corrected chi connectivity index (χ0v) is 15.6. The van der Waals surface area contributed by atoms with Crippen LogP contribution in [0.2, 0.25) is 0 Å². The van der Waals surface area contributed by atoms with Crippen molar-refractivity contribution >= 4 is 17.8 Å². The van der Waals surface area contributed by atoms with Gasteiger partial charge in [0.2, 0.25) is 0 Å². The van der Waals surface area contributed by atoms with E-state index in [1.807, 2.05) is 30.3 Å². The molecule has 2 saturated heterocycles. The van der Waals surface area contributed by atoms with Gasteiger partial charge in [-0.1, -0.05) is 30.3 Å². The Morgan fingerprint density at radius 2 is 1.75 bits per heavy atom. The molecular formula is C21H21N3O4. The molecule has 2 aliphatic rings. The largest absolute Gasteiger partial charge is 0.497 e. The standard InChI is InChI=1S/C21H21N3O4/c1-28-17-9-7-16(8-10-17)19(25)22-11-12-23-18(14-22)20(26)24(21(23)27)13-15-5-3-2-4-6-15/h2-10,18H,11-14H2,1H3/t18-/m1/s1. The number of carbonyl (C=O) groups excluding carboxylic acids is 3. The van der Waals surface area contributed by atoms with Crippen LogP contribution in [0.3, 0.4) is 0 Å². The van der Waals surface area contributed by atoms with Gasteiger partial charge in [-0.15, -0.1) is 0 Å². The van der Waals surface area contributed by atoms with Gasteiger partial charge in [0.25, 0.3) is 11.8 Å². The van der Waals surface area contributed by atoms with Gasteiger partial charge in [-0.25, -0.2) is 4.79 Å². The van der Waals surface area contributed by atoms with Gasteiger partial charge >= 0.3 is 6.03 Å². The second-order valence-corrected chi connectivity index (χ2v) is 6.88. The van der Waals surface area contributed by atoms with E-state index in [1.165, 1.54) is 4.90 Å². The summed E-state index contributed by atoms with van der Waals surface area (Å²) in [5.41, 5.74) is 1.43. The van der Waals surface area contributed by atoms with E-state index in [2.05, 4.69) is 0 Å². The van der Waals surface area contributed by atoms with Crippen molar-refractivity contribution in [2.45, 2.75) is 12.6 Å². The first kappa shape index (κ1) is 18.0. The van der Waals surface area contributed by atoms with Crippen molar-refractivity contribution in [3.8, 4) is 5.75 Å². The highest BCUT2D eigenvalue weighted by Gasteiger charge is 2.48. The van der Waals surface area contributed by atoms with E-state index in [9.17, 15) is 14.4 Å². The van der Waals surface area contributed by atoms with E-state index in [4.69, 9.17) is 4.74 Å². The van der Waals surface area contributed by atoms with E-state index in [-0.39, 0.29) is 30.9 Å². The minimum Gasteiger partial charge on any atom is -0.497 e. The third-order valence-electron chi connectivity index (χ3n) is 5.22. The number of benzene rings is 2. The van der Waals surface area contributed by atoms with Crippen molar-refractivity contribution in [1.29, 1.82) is 0 Å². The monoisotopic (exact) mass is 379 g/mol. The van der Waals surface area contributed by atoms with Gasteiger partial charge in [-0.3, -0.25) is 14.5 Å². The zero-order valence-electron chi connectivity index (χ0n) is 15.6. The topological polar surface area (TPSA) is 70.2 Å². The summed E-state index contributed by atoms with van der Waals surface area (Å²) in [6.07, 6.45) is 0. The van der Waals surface area contributed by atoms with Crippen molar-refractivity contribution in [3.63, 3.8) is 0 Å². The van der Waals surface area contributed by atoms with Gasteiger partial charge in [0.1, 0.15) is 11.8 Å². The number of imide groups is 1. The number of carbonyl (C=O) groups is 3. The number of rotatable bonds is 4. The Labute approximate surface area is 163 Å². The van der Waals surface area contributed by atoms with Crippen molar-refractivity contribution in [1.82, 2.24) is 14.7 Å². The van der Waals surface area contributed by atoms with Gasteiger partial charge in [0, 0.05) is 18.7 Å². The fraction of sp³-hybridized carbons (Fsp3) is 0.286. The van der Waals surface area contributed by atoms with Gasteiger partial charge in [-0.2, -0.15) is 0 Å². The van der Waals surface area contributed by atoms with Crippen LogP contribution in [-0.4, -0.2) is 65.3 Å². The van der Waals surface area contributed by atoms with Crippen LogP contribution in [0.25, 0.3) is 0 Å². The average Bonchev–Trinajstić information content (AvgIpc) is 2.98. The molecule has 2 aliphatic heterocycles. The average molecular weight is 379 g/mol. The summed E-state index contributed by atoms with van der Waals surface area (Å²) in [5.74, 6) is 0.277. The lowest BCUT2D eigenvalue weighted by molar-refractivity contribution is -0.129. The molecule has 0 unspecified atom stereocenters. The second kappa shape index (κ2) is 7.34. The molecule has 144 valence electrons. The first-order valence-electron chi connectivity index (χ1n) is 9.17.